The van der Waals surface area contributed by atoms with Gasteiger partial charge in [0.1, 0.15) is 16.7 Å². The molecule has 0 radical (unpaired) electrons. The monoisotopic (exact) mass is 450 g/mol. The highest BCUT2D eigenvalue weighted by Crippen LogP contribution is 2.29. The summed E-state index contributed by atoms with van der Waals surface area (Å²) in [4.78, 5) is 31.5. The number of hydrogen-bond donors (Lipinski definition) is 1. The van der Waals surface area contributed by atoms with Gasteiger partial charge in [-0.2, -0.15) is 4.98 Å². The Morgan fingerprint density at radius 2 is 2.03 bits per heavy atom. The minimum Gasteiger partial charge on any atom is -0.323 e. The standard InChI is InChI=1S/C22H28F2N4O2S/c1-3-27(4-2)11-6-12-28-19-8-5-7-16(19)21(26-22(28)30)31-14-20(29)25-18-10-9-15(23)13-17(18)24/h9-10,13H,3-8,11-12,14H2,1-2H3,(H,25,29). The number of carbonyl (C=O) groups excluding carboxylic acids is 1. The third-order valence-corrected chi connectivity index (χ3v) is 6.51. The maximum Gasteiger partial charge on any atom is 0.348 e. The van der Waals surface area contributed by atoms with Gasteiger partial charge in [-0.15, -0.1) is 0 Å². The number of thioether (sulfide) groups is 1. The molecule has 1 aromatic carbocycles. The number of nitrogens with zero attached hydrogens (tertiary/aromatic N) is 3. The topological polar surface area (TPSA) is 67.2 Å². The predicted molar refractivity (Wildman–Crippen MR) is 119 cm³/mol. The van der Waals surface area contributed by atoms with E-state index in [0.717, 1.165) is 68.7 Å². The highest BCUT2D eigenvalue weighted by molar-refractivity contribution is 8.00. The minimum absolute atomic E-state index is 0.0122. The molecule has 3 rings (SSSR count). The molecule has 1 aromatic heterocycles. The van der Waals surface area contributed by atoms with Gasteiger partial charge in [0.2, 0.25) is 5.91 Å². The van der Waals surface area contributed by atoms with Gasteiger partial charge in [0.25, 0.3) is 0 Å². The Kier molecular flexibility index (Phi) is 8.20. The van der Waals surface area contributed by atoms with E-state index in [1.807, 2.05) is 0 Å². The number of anilines is 1. The zero-order chi connectivity index (χ0) is 22.4. The molecule has 31 heavy (non-hydrogen) atoms. The fourth-order valence-electron chi connectivity index (χ4n) is 3.84. The van der Waals surface area contributed by atoms with Gasteiger partial charge in [-0.1, -0.05) is 25.6 Å². The van der Waals surface area contributed by atoms with Crippen molar-refractivity contribution in [3.63, 3.8) is 0 Å². The summed E-state index contributed by atoms with van der Waals surface area (Å²) >= 11 is 1.18. The van der Waals surface area contributed by atoms with Crippen LogP contribution in [0.3, 0.4) is 0 Å². The summed E-state index contributed by atoms with van der Waals surface area (Å²) in [5, 5.41) is 3.01. The molecule has 1 aliphatic rings. The first-order valence-corrected chi connectivity index (χ1v) is 11.6. The van der Waals surface area contributed by atoms with Gasteiger partial charge in [-0.05, 0) is 57.5 Å². The van der Waals surface area contributed by atoms with Crippen molar-refractivity contribution in [2.75, 3.05) is 30.7 Å². The first-order valence-electron chi connectivity index (χ1n) is 10.7. The van der Waals surface area contributed by atoms with Gasteiger partial charge in [0.15, 0.2) is 0 Å². The molecule has 2 aromatic rings. The number of fused-ring (bicyclic) bond motifs is 1. The third-order valence-electron chi connectivity index (χ3n) is 5.50. The van der Waals surface area contributed by atoms with Crippen LogP contribution in [0.15, 0.2) is 28.0 Å². The molecule has 1 amide bonds. The summed E-state index contributed by atoms with van der Waals surface area (Å²) in [6, 6.07) is 2.99. The summed E-state index contributed by atoms with van der Waals surface area (Å²) in [6.07, 6.45) is 3.50. The molecule has 0 saturated carbocycles. The smallest absolute Gasteiger partial charge is 0.323 e. The van der Waals surface area contributed by atoms with Gasteiger partial charge < -0.3 is 10.2 Å². The Morgan fingerprint density at radius 3 is 2.74 bits per heavy atom. The molecule has 0 spiro atoms. The second-order valence-electron chi connectivity index (χ2n) is 7.47. The normalized spacial score (nSPS) is 12.9. The number of halogens is 2. The summed E-state index contributed by atoms with van der Waals surface area (Å²) in [7, 11) is 0. The molecule has 9 heteroatoms. The Bertz CT molecular complexity index is 992. The SMILES string of the molecule is CCN(CC)CCCn1c2c(c(SCC(=O)Nc3ccc(F)cc3F)nc1=O)CCC2. The summed E-state index contributed by atoms with van der Waals surface area (Å²) < 4.78 is 28.5. The van der Waals surface area contributed by atoms with Crippen LogP contribution in [-0.2, 0) is 24.2 Å². The van der Waals surface area contributed by atoms with Crippen LogP contribution in [0.4, 0.5) is 14.5 Å². The van der Waals surface area contributed by atoms with Crippen LogP contribution in [0.1, 0.15) is 37.9 Å². The average molecular weight is 451 g/mol. The van der Waals surface area contributed by atoms with E-state index < -0.39 is 17.5 Å². The van der Waals surface area contributed by atoms with Gasteiger partial charge >= 0.3 is 5.69 Å². The summed E-state index contributed by atoms with van der Waals surface area (Å²) in [5.74, 6) is -1.98. The van der Waals surface area contributed by atoms with E-state index >= 15 is 0 Å². The quantitative estimate of drug-likeness (QED) is 0.444. The fourth-order valence-corrected chi connectivity index (χ4v) is 4.72. The van der Waals surface area contributed by atoms with Crippen LogP contribution in [0.25, 0.3) is 0 Å². The van der Waals surface area contributed by atoms with Crippen LogP contribution in [-0.4, -0.2) is 45.7 Å². The molecule has 1 aliphatic carbocycles. The van der Waals surface area contributed by atoms with E-state index in [1.165, 1.54) is 17.8 Å². The Morgan fingerprint density at radius 1 is 1.26 bits per heavy atom. The molecule has 0 aliphatic heterocycles. The van der Waals surface area contributed by atoms with Crippen LogP contribution in [0.2, 0.25) is 0 Å². The number of nitrogens with one attached hydrogen (secondary N) is 1. The van der Waals surface area contributed by atoms with Gasteiger partial charge in [0.05, 0.1) is 11.4 Å². The first kappa shape index (κ1) is 23.4. The number of carbonyl (C=O) groups is 1. The first-order chi connectivity index (χ1) is 14.9. The van der Waals surface area contributed by atoms with Crippen molar-refractivity contribution >= 4 is 23.4 Å². The van der Waals surface area contributed by atoms with Crippen LogP contribution in [0, 0.1) is 11.6 Å². The van der Waals surface area contributed by atoms with Gasteiger partial charge in [0, 0.05) is 23.9 Å². The average Bonchev–Trinajstić information content (AvgIpc) is 3.23. The third kappa shape index (κ3) is 5.92. The van der Waals surface area contributed by atoms with E-state index in [9.17, 15) is 18.4 Å². The van der Waals surface area contributed by atoms with Gasteiger partial charge in [-0.25, -0.2) is 13.6 Å². The number of hydrogen-bond acceptors (Lipinski definition) is 5. The van der Waals surface area contributed by atoms with Crippen molar-refractivity contribution in [2.45, 2.75) is 51.1 Å². The lowest BCUT2D eigenvalue weighted by atomic mass is 10.2. The molecule has 168 valence electrons. The van der Waals surface area contributed by atoms with Crippen LogP contribution in [0.5, 0.6) is 0 Å². The number of rotatable bonds is 10. The van der Waals surface area contributed by atoms with Crippen molar-refractivity contribution in [3.05, 3.63) is 51.6 Å². The van der Waals surface area contributed by atoms with E-state index in [2.05, 4.69) is 29.0 Å². The summed E-state index contributed by atoms with van der Waals surface area (Å²) in [5.41, 5.74) is 1.70. The highest BCUT2D eigenvalue weighted by Gasteiger charge is 2.22. The second kappa shape index (κ2) is 10.9. The lowest BCUT2D eigenvalue weighted by Crippen LogP contribution is -2.30. The van der Waals surface area contributed by atoms with Crippen molar-refractivity contribution in [3.8, 4) is 0 Å². The van der Waals surface area contributed by atoms with Gasteiger partial charge in [-0.3, -0.25) is 9.36 Å². The molecule has 0 bridgehead atoms. The Hall–Kier alpha value is -2.26. The molecule has 1 N–H and O–H groups in total. The predicted octanol–water partition coefficient (Wildman–Crippen LogP) is 3.47. The highest BCUT2D eigenvalue weighted by atomic mass is 32.2. The second-order valence-corrected chi connectivity index (χ2v) is 8.44. The number of benzene rings is 1. The zero-order valence-corrected chi connectivity index (χ0v) is 18.7. The van der Waals surface area contributed by atoms with E-state index in [0.29, 0.717) is 11.6 Å². The lowest BCUT2D eigenvalue weighted by molar-refractivity contribution is -0.113. The Labute approximate surface area is 185 Å². The van der Waals surface area contributed by atoms with E-state index in [4.69, 9.17) is 0 Å². The molecule has 0 fully saturated rings. The molecule has 0 atom stereocenters. The van der Waals surface area contributed by atoms with Crippen LogP contribution < -0.4 is 11.0 Å². The van der Waals surface area contributed by atoms with Crippen molar-refractivity contribution in [1.29, 1.82) is 0 Å². The van der Waals surface area contributed by atoms with Crippen LogP contribution >= 0.6 is 11.8 Å². The largest absolute Gasteiger partial charge is 0.348 e. The maximum absolute atomic E-state index is 13.7. The number of aromatic nitrogens is 2. The summed E-state index contributed by atoms with van der Waals surface area (Å²) in [6.45, 7) is 7.80. The van der Waals surface area contributed by atoms with E-state index in [-0.39, 0.29) is 17.1 Å². The molecular weight excluding hydrogens is 422 g/mol. The van der Waals surface area contributed by atoms with Crippen molar-refractivity contribution in [1.82, 2.24) is 14.5 Å². The fraction of sp³-hybridized carbons (Fsp3) is 0.500. The van der Waals surface area contributed by atoms with E-state index in [1.54, 1.807) is 4.57 Å². The van der Waals surface area contributed by atoms with Crippen molar-refractivity contribution in [2.24, 2.45) is 0 Å². The molecule has 0 saturated heterocycles. The minimum atomic E-state index is -0.829. The maximum atomic E-state index is 13.7. The number of amides is 1. The lowest BCUT2D eigenvalue weighted by Gasteiger charge is -2.19. The molecule has 1 heterocycles. The van der Waals surface area contributed by atoms with Crippen molar-refractivity contribution < 1.29 is 13.6 Å². The zero-order valence-electron chi connectivity index (χ0n) is 17.9. The molecule has 0 unspecified atom stereocenters. The molecular formula is C22H28F2N4O2S. The molecule has 6 nitrogen and oxygen atoms in total. The Balaban J connectivity index is 1.66.